The smallest absolute Gasteiger partial charge is 0.343 e. The fourth-order valence-electron chi connectivity index (χ4n) is 2.94. The third-order valence-electron chi connectivity index (χ3n) is 4.88. The molecule has 3 aromatic rings. The van der Waals surface area contributed by atoms with Gasteiger partial charge in [0.25, 0.3) is 5.91 Å². The lowest BCUT2D eigenvalue weighted by atomic mass is 10.0. The van der Waals surface area contributed by atoms with Gasteiger partial charge in [-0.3, -0.25) is 4.79 Å². The molecule has 34 heavy (non-hydrogen) atoms. The van der Waals surface area contributed by atoms with Gasteiger partial charge >= 0.3 is 5.97 Å². The quantitative estimate of drug-likeness (QED) is 0.157. The van der Waals surface area contributed by atoms with Gasteiger partial charge in [-0.05, 0) is 72.5 Å². The van der Waals surface area contributed by atoms with Crippen molar-refractivity contribution in [1.29, 1.82) is 0 Å². The molecule has 0 aliphatic heterocycles. The van der Waals surface area contributed by atoms with Crippen LogP contribution in [0.25, 0.3) is 0 Å². The van der Waals surface area contributed by atoms with E-state index in [0.717, 1.165) is 15.6 Å². The minimum atomic E-state index is -0.537. The fourth-order valence-corrected chi connectivity index (χ4v) is 3.44. The number of hydrogen-bond acceptors (Lipinski definition) is 5. The molecule has 0 unspecified atom stereocenters. The molecule has 0 atom stereocenters. The van der Waals surface area contributed by atoms with E-state index in [1.54, 1.807) is 42.5 Å². The van der Waals surface area contributed by atoms with Gasteiger partial charge in [0.1, 0.15) is 11.5 Å². The van der Waals surface area contributed by atoms with Crippen molar-refractivity contribution in [3.8, 4) is 11.5 Å². The van der Waals surface area contributed by atoms with Crippen LogP contribution in [0.1, 0.15) is 46.8 Å². The van der Waals surface area contributed by atoms with Crippen LogP contribution in [0.3, 0.4) is 0 Å². The second kappa shape index (κ2) is 11.8. The van der Waals surface area contributed by atoms with Crippen molar-refractivity contribution < 1.29 is 19.1 Å². The number of nitrogens with one attached hydrogen (secondary N) is 1. The molecule has 0 fully saturated rings. The van der Waals surface area contributed by atoms with E-state index in [1.807, 2.05) is 25.1 Å². The lowest BCUT2D eigenvalue weighted by molar-refractivity contribution is -0.123. The molecule has 0 saturated heterocycles. The van der Waals surface area contributed by atoms with Gasteiger partial charge in [-0.2, -0.15) is 5.10 Å². The van der Waals surface area contributed by atoms with Gasteiger partial charge in [0.2, 0.25) is 0 Å². The molecule has 0 bridgehead atoms. The summed E-state index contributed by atoms with van der Waals surface area (Å²) in [6.45, 7) is 5.93. The van der Waals surface area contributed by atoms with Gasteiger partial charge in [-0.15, -0.1) is 0 Å². The molecule has 1 N–H and O–H groups in total. The molecule has 8 heteroatoms. The fraction of sp³-hybridized carbons (Fsp3) is 0.192. The summed E-state index contributed by atoms with van der Waals surface area (Å²) >= 11 is 9.25. The van der Waals surface area contributed by atoms with E-state index >= 15 is 0 Å². The average molecular weight is 544 g/mol. The SMILES string of the molecule is Cc1ccc(C(C)C)cc1OCC(=O)N/N=C/c1cc(Br)ccc1OC(=O)c1ccc(Cl)cc1. The Labute approximate surface area is 212 Å². The first kappa shape index (κ1) is 25.5. The van der Waals surface area contributed by atoms with Gasteiger partial charge < -0.3 is 9.47 Å². The molecule has 176 valence electrons. The van der Waals surface area contributed by atoms with Crippen molar-refractivity contribution in [2.45, 2.75) is 26.7 Å². The Kier molecular flexibility index (Phi) is 8.85. The maximum absolute atomic E-state index is 12.5. The van der Waals surface area contributed by atoms with Crippen LogP contribution in [0.4, 0.5) is 0 Å². The van der Waals surface area contributed by atoms with Crippen molar-refractivity contribution in [1.82, 2.24) is 5.43 Å². The minimum Gasteiger partial charge on any atom is -0.483 e. The van der Waals surface area contributed by atoms with Gasteiger partial charge in [-0.1, -0.05) is 53.5 Å². The first-order valence-corrected chi connectivity index (χ1v) is 11.7. The monoisotopic (exact) mass is 542 g/mol. The number of halogens is 2. The number of esters is 1. The number of benzene rings is 3. The Balaban J connectivity index is 1.62. The molecule has 3 rings (SSSR count). The maximum Gasteiger partial charge on any atom is 0.343 e. The molecule has 3 aromatic carbocycles. The number of carbonyl (C=O) groups is 2. The number of carbonyl (C=O) groups excluding carboxylic acids is 2. The van der Waals surface area contributed by atoms with Crippen LogP contribution < -0.4 is 14.9 Å². The number of hydrogen-bond donors (Lipinski definition) is 1. The molecule has 0 aliphatic carbocycles. The highest BCUT2D eigenvalue weighted by atomic mass is 79.9. The summed E-state index contributed by atoms with van der Waals surface area (Å²) in [7, 11) is 0. The summed E-state index contributed by atoms with van der Waals surface area (Å²) in [5.41, 5.74) is 5.37. The number of amides is 1. The largest absolute Gasteiger partial charge is 0.483 e. The lowest BCUT2D eigenvalue weighted by Gasteiger charge is -2.12. The molecule has 0 aliphatic rings. The van der Waals surface area contributed by atoms with Crippen molar-refractivity contribution in [3.63, 3.8) is 0 Å². The summed E-state index contributed by atoms with van der Waals surface area (Å²) in [6.07, 6.45) is 1.40. The van der Waals surface area contributed by atoms with Crippen LogP contribution in [-0.4, -0.2) is 24.7 Å². The Morgan fingerprint density at radius 3 is 2.50 bits per heavy atom. The second-order valence-electron chi connectivity index (χ2n) is 7.84. The predicted molar refractivity (Wildman–Crippen MR) is 137 cm³/mol. The van der Waals surface area contributed by atoms with Crippen LogP contribution in [0.15, 0.2) is 70.2 Å². The van der Waals surface area contributed by atoms with Crippen LogP contribution in [0.2, 0.25) is 5.02 Å². The molecular weight excluding hydrogens is 520 g/mol. The molecule has 6 nitrogen and oxygen atoms in total. The third kappa shape index (κ3) is 7.17. The predicted octanol–water partition coefficient (Wildman–Crippen LogP) is 6.28. The molecule has 0 radical (unpaired) electrons. The van der Waals surface area contributed by atoms with Crippen molar-refractivity contribution in [2.75, 3.05) is 6.61 Å². The summed E-state index contributed by atoms with van der Waals surface area (Å²) in [5.74, 6) is 0.354. The van der Waals surface area contributed by atoms with Gasteiger partial charge in [0.15, 0.2) is 6.61 Å². The van der Waals surface area contributed by atoms with E-state index in [4.69, 9.17) is 21.1 Å². The van der Waals surface area contributed by atoms with Gasteiger partial charge in [0, 0.05) is 15.1 Å². The van der Waals surface area contributed by atoms with Crippen LogP contribution in [-0.2, 0) is 4.79 Å². The zero-order valence-electron chi connectivity index (χ0n) is 19.0. The number of aryl methyl sites for hydroxylation is 1. The van der Waals surface area contributed by atoms with E-state index in [-0.39, 0.29) is 6.61 Å². The molecular formula is C26H24BrClN2O4. The first-order valence-electron chi connectivity index (χ1n) is 10.6. The van der Waals surface area contributed by atoms with Gasteiger partial charge in [-0.25, -0.2) is 10.2 Å². The van der Waals surface area contributed by atoms with Crippen LogP contribution in [0.5, 0.6) is 11.5 Å². The molecule has 0 heterocycles. The zero-order valence-corrected chi connectivity index (χ0v) is 21.3. The maximum atomic E-state index is 12.5. The number of hydrazone groups is 1. The summed E-state index contributed by atoms with van der Waals surface area (Å²) < 4.78 is 11.9. The van der Waals surface area contributed by atoms with E-state index in [1.165, 1.54) is 6.21 Å². The Hall–Kier alpha value is -3.16. The number of ether oxygens (including phenoxy) is 2. The normalized spacial score (nSPS) is 11.0. The highest BCUT2D eigenvalue weighted by Crippen LogP contribution is 2.25. The van der Waals surface area contributed by atoms with Crippen molar-refractivity contribution in [2.24, 2.45) is 5.10 Å². The Morgan fingerprint density at radius 2 is 1.79 bits per heavy atom. The average Bonchev–Trinajstić information content (AvgIpc) is 2.80. The van der Waals surface area contributed by atoms with Crippen molar-refractivity contribution >= 4 is 45.6 Å². The highest BCUT2D eigenvalue weighted by Gasteiger charge is 2.12. The number of nitrogens with zero attached hydrogens (tertiary/aromatic N) is 1. The third-order valence-corrected chi connectivity index (χ3v) is 5.63. The molecule has 0 spiro atoms. The van der Waals surface area contributed by atoms with Crippen LogP contribution >= 0.6 is 27.5 Å². The number of rotatable bonds is 8. The van der Waals surface area contributed by atoms with E-state index in [9.17, 15) is 9.59 Å². The Bertz CT molecular complexity index is 1210. The summed E-state index contributed by atoms with van der Waals surface area (Å²) in [5, 5.41) is 4.50. The summed E-state index contributed by atoms with van der Waals surface area (Å²) in [4.78, 5) is 24.7. The second-order valence-corrected chi connectivity index (χ2v) is 9.19. The van der Waals surface area contributed by atoms with Crippen molar-refractivity contribution in [3.05, 3.63) is 92.4 Å². The van der Waals surface area contributed by atoms with E-state index in [0.29, 0.717) is 33.6 Å². The Morgan fingerprint density at radius 1 is 1.06 bits per heavy atom. The molecule has 1 amide bonds. The topological polar surface area (TPSA) is 77.0 Å². The van der Waals surface area contributed by atoms with Crippen LogP contribution in [0, 0.1) is 6.92 Å². The highest BCUT2D eigenvalue weighted by molar-refractivity contribution is 9.10. The van der Waals surface area contributed by atoms with E-state index < -0.39 is 11.9 Å². The molecule has 0 aromatic heterocycles. The molecule has 0 saturated carbocycles. The first-order chi connectivity index (χ1) is 16.2. The van der Waals surface area contributed by atoms with Gasteiger partial charge in [0.05, 0.1) is 11.8 Å². The standard InChI is InChI=1S/C26H24BrClN2O4/c1-16(2)19-5-4-17(3)24(13-19)33-15-25(31)30-29-14-20-12-21(27)8-11-23(20)34-26(32)18-6-9-22(28)10-7-18/h4-14,16H,15H2,1-3H3,(H,30,31)/b29-14+. The lowest BCUT2D eigenvalue weighted by Crippen LogP contribution is -2.24. The minimum absolute atomic E-state index is 0.184. The summed E-state index contributed by atoms with van der Waals surface area (Å²) in [6, 6.07) is 17.4. The zero-order chi connectivity index (χ0) is 24.7. The van der Waals surface area contributed by atoms with E-state index in [2.05, 4.69) is 40.3 Å².